The van der Waals surface area contributed by atoms with Crippen LogP contribution in [0.3, 0.4) is 0 Å². The molecule has 7 nitrogen and oxygen atoms in total. The zero-order valence-corrected chi connectivity index (χ0v) is 28.7. The molecule has 46 heavy (non-hydrogen) atoms. The van der Waals surface area contributed by atoms with Crippen molar-refractivity contribution < 1.29 is 18.0 Å². The third kappa shape index (κ3) is 8.49. The number of anilines is 1. The molecule has 0 unspecified atom stereocenters. The fourth-order valence-electron chi connectivity index (χ4n) is 5.07. The average molecular weight is 681 g/mol. The van der Waals surface area contributed by atoms with Crippen molar-refractivity contribution in [1.29, 1.82) is 0 Å². The van der Waals surface area contributed by atoms with Gasteiger partial charge < -0.3 is 10.2 Å². The highest BCUT2D eigenvalue weighted by molar-refractivity contribution is 7.92. The lowest BCUT2D eigenvalue weighted by atomic mass is 10.0. The Bertz CT molecular complexity index is 1770. The smallest absolute Gasteiger partial charge is 0.264 e. The molecule has 2 atom stereocenters. The summed E-state index contributed by atoms with van der Waals surface area (Å²) in [5.41, 5.74) is 3.38. The van der Waals surface area contributed by atoms with E-state index in [1.54, 1.807) is 48.5 Å². The van der Waals surface area contributed by atoms with Crippen molar-refractivity contribution >= 4 is 50.7 Å². The van der Waals surface area contributed by atoms with Crippen LogP contribution in [0.5, 0.6) is 0 Å². The predicted molar refractivity (Wildman–Crippen MR) is 186 cm³/mol. The molecule has 0 aliphatic heterocycles. The van der Waals surface area contributed by atoms with Crippen molar-refractivity contribution in [3.63, 3.8) is 0 Å². The van der Waals surface area contributed by atoms with Crippen LogP contribution in [0.4, 0.5) is 5.69 Å². The number of sulfonamides is 1. The summed E-state index contributed by atoms with van der Waals surface area (Å²) in [5, 5.41) is 3.79. The van der Waals surface area contributed by atoms with E-state index in [2.05, 4.69) is 5.32 Å². The minimum Gasteiger partial charge on any atom is -0.352 e. The van der Waals surface area contributed by atoms with Crippen LogP contribution in [0.2, 0.25) is 10.0 Å². The fourth-order valence-corrected chi connectivity index (χ4v) is 7.03. The highest BCUT2D eigenvalue weighted by atomic mass is 35.5. The summed E-state index contributed by atoms with van der Waals surface area (Å²) in [6.45, 7) is 6.98. The third-order valence-corrected chi connectivity index (χ3v) is 10.4. The molecule has 4 aromatic rings. The number of aryl methyl sites for hydroxylation is 1. The average Bonchev–Trinajstić information content (AvgIpc) is 3.04. The van der Waals surface area contributed by atoms with Gasteiger partial charge in [-0.25, -0.2) is 8.42 Å². The zero-order valence-electron chi connectivity index (χ0n) is 26.4. The van der Waals surface area contributed by atoms with Crippen LogP contribution >= 0.6 is 23.2 Å². The Balaban J connectivity index is 1.85. The van der Waals surface area contributed by atoms with Crippen molar-refractivity contribution in [2.75, 3.05) is 10.8 Å². The fraction of sp³-hybridized carbons (Fsp3) is 0.278. The molecule has 0 radical (unpaired) electrons. The van der Waals surface area contributed by atoms with Gasteiger partial charge in [-0.2, -0.15) is 0 Å². The van der Waals surface area contributed by atoms with Gasteiger partial charge in [-0.15, -0.1) is 0 Å². The standard InChI is InChI=1S/C36H39Cl2N3O4S/c1-5-26(3)39-36(43)34(21-28-14-8-6-9-15-28)40(23-29-19-20-30(37)22-32(29)38)35(42)24-41(33-18-12-13-25(2)27(33)4)46(44,45)31-16-10-7-11-17-31/h6-20,22,26,34H,5,21,23-24H2,1-4H3,(H,39,43)/t26-,34+/m1/s1. The summed E-state index contributed by atoms with van der Waals surface area (Å²) in [6.07, 6.45) is 0.894. The molecule has 0 saturated heterocycles. The van der Waals surface area contributed by atoms with Gasteiger partial charge in [0.25, 0.3) is 10.0 Å². The molecule has 0 aromatic heterocycles. The summed E-state index contributed by atoms with van der Waals surface area (Å²) >= 11 is 12.8. The van der Waals surface area contributed by atoms with E-state index in [9.17, 15) is 18.0 Å². The lowest BCUT2D eigenvalue weighted by molar-refractivity contribution is -0.140. The van der Waals surface area contributed by atoms with Gasteiger partial charge in [0, 0.05) is 29.1 Å². The first-order chi connectivity index (χ1) is 21.9. The quantitative estimate of drug-likeness (QED) is 0.160. The minimum atomic E-state index is -4.19. The minimum absolute atomic E-state index is 0.0475. The van der Waals surface area contributed by atoms with E-state index < -0.39 is 28.5 Å². The molecule has 4 rings (SSSR count). The predicted octanol–water partition coefficient (Wildman–Crippen LogP) is 7.36. The van der Waals surface area contributed by atoms with Gasteiger partial charge in [-0.05, 0) is 79.8 Å². The molecule has 1 N–H and O–H groups in total. The highest BCUT2D eigenvalue weighted by Crippen LogP contribution is 2.30. The molecule has 0 aliphatic rings. The Labute approximate surface area is 282 Å². The summed E-state index contributed by atoms with van der Waals surface area (Å²) < 4.78 is 29.6. The maximum atomic E-state index is 14.6. The Hall–Kier alpha value is -3.85. The molecule has 0 bridgehead atoms. The van der Waals surface area contributed by atoms with Crippen LogP contribution in [0.25, 0.3) is 0 Å². The normalized spacial score (nSPS) is 12.7. The molecule has 4 aromatic carbocycles. The van der Waals surface area contributed by atoms with E-state index in [1.807, 2.05) is 64.1 Å². The molecule has 10 heteroatoms. The van der Waals surface area contributed by atoms with Gasteiger partial charge in [0.15, 0.2) is 0 Å². The number of benzene rings is 4. The van der Waals surface area contributed by atoms with Crippen LogP contribution in [-0.2, 0) is 32.6 Å². The zero-order chi connectivity index (χ0) is 33.4. The van der Waals surface area contributed by atoms with E-state index in [0.717, 1.165) is 21.0 Å². The second-order valence-electron chi connectivity index (χ2n) is 11.3. The van der Waals surface area contributed by atoms with Crippen LogP contribution in [0.1, 0.15) is 42.5 Å². The van der Waals surface area contributed by atoms with E-state index in [1.165, 1.54) is 17.0 Å². The van der Waals surface area contributed by atoms with Gasteiger partial charge in [0.05, 0.1) is 10.6 Å². The number of rotatable bonds is 13. The maximum Gasteiger partial charge on any atom is 0.264 e. The van der Waals surface area contributed by atoms with E-state index >= 15 is 0 Å². The van der Waals surface area contributed by atoms with Gasteiger partial charge in [-0.3, -0.25) is 13.9 Å². The second-order valence-corrected chi connectivity index (χ2v) is 14.0. The van der Waals surface area contributed by atoms with Crippen LogP contribution < -0.4 is 9.62 Å². The van der Waals surface area contributed by atoms with Crippen molar-refractivity contribution in [3.05, 3.63) is 129 Å². The number of carbonyl (C=O) groups excluding carboxylic acids is 2. The SMILES string of the molecule is CC[C@@H](C)NC(=O)[C@H](Cc1ccccc1)N(Cc1ccc(Cl)cc1Cl)C(=O)CN(c1cccc(C)c1C)S(=O)(=O)c1ccccc1. The van der Waals surface area contributed by atoms with Gasteiger partial charge in [0.2, 0.25) is 11.8 Å². The number of amides is 2. The first-order valence-electron chi connectivity index (χ1n) is 15.1. The Morgan fingerprint density at radius 1 is 0.870 bits per heavy atom. The maximum absolute atomic E-state index is 14.6. The van der Waals surface area contributed by atoms with Crippen LogP contribution in [0.15, 0.2) is 102 Å². The molecule has 0 spiro atoms. The number of halogens is 2. The largest absolute Gasteiger partial charge is 0.352 e. The van der Waals surface area contributed by atoms with E-state index in [0.29, 0.717) is 27.7 Å². The van der Waals surface area contributed by atoms with Crippen LogP contribution in [-0.4, -0.2) is 43.8 Å². The van der Waals surface area contributed by atoms with Crippen LogP contribution in [0, 0.1) is 13.8 Å². The number of hydrogen-bond acceptors (Lipinski definition) is 4. The molecule has 2 amide bonds. The summed E-state index contributed by atoms with van der Waals surface area (Å²) in [4.78, 5) is 30.1. The van der Waals surface area contributed by atoms with Crippen molar-refractivity contribution in [3.8, 4) is 0 Å². The first-order valence-corrected chi connectivity index (χ1v) is 17.3. The lowest BCUT2D eigenvalue weighted by Crippen LogP contribution is -2.54. The number of nitrogens with one attached hydrogen (secondary N) is 1. The number of hydrogen-bond donors (Lipinski definition) is 1. The summed E-state index contributed by atoms with van der Waals surface area (Å²) in [7, 11) is -4.19. The Kier molecular flexibility index (Phi) is 11.9. The number of nitrogens with zero attached hydrogens (tertiary/aromatic N) is 2. The molecule has 242 valence electrons. The monoisotopic (exact) mass is 679 g/mol. The van der Waals surface area contributed by atoms with Gasteiger partial charge in [0.1, 0.15) is 12.6 Å². The first kappa shape index (κ1) is 35.0. The van der Waals surface area contributed by atoms with Crippen molar-refractivity contribution in [2.45, 2.75) is 64.1 Å². The topological polar surface area (TPSA) is 86.8 Å². The molecule has 0 heterocycles. The summed E-state index contributed by atoms with van der Waals surface area (Å²) in [6, 6.07) is 26.6. The van der Waals surface area contributed by atoms with Crippen molar-refractivity contribution in [1.82, 2.24) is 10.2 Å². The molecule has 0 fully saturated rings. The third-order valence-electron chi connectivity index (χ3n) is 8.08. The number of carbonyl (C=O) groups is 2. The second kappa shape index (κ2) is 15.6. The molecular formula is C36H39Cl2N3O4S. The highest BCUT2D eigenvalue weighted by Gasteiger charge is 2.35. The molecule has 0 aliphatic carbocycles. The van der Waals surface area contributed by atoms with Gasteiger partial charge in [-0.1, -0.05) is 96.9 Å². The van der Waals surface area contributed by atoms with Gasteiger partial charge >= 0.3 is 0 Å². The summed E-state index contributed by atoms with van der Waals surface area (Å²) in [5.74, 6) is -0.910. The Morgan fingerprint density at radius 3 is 2.15 bits per heavy atom. The van der Waals surface area contributed by atoms with E-state index in [4.69, 9.17) is 23.2 Å². The van der Waals surface area contributed by atoms with Crippen molar-refractivity contribution in [2.24, 2.45) is 0 Å². The Morgan fingerprint density at radius 2 is 1.52 bits per heavy atom. The molecular weight excluding hydrogens is 641 g/mol. The lowest BCUT2D eigenvalue weighted by Gasteiger charge is -2.35. The molecule has 0 saturated carbocycles. The van der Waals surface area contributed by atoms with E-state index in [-0.39, 0.29) is 29.8 Å².